The normalized spacial score (nSPS) is 20.5. The number of carboxylic acids is 1. The average molecular weight is 325 g/mol. The number of aliphatic carboxylic acids is 1. The maximum atomic E-state index is 11.0. The maximum absolute atomic E-state index is 11.0. The molecular formula is C15H19NO5S. The lowest BCUT2D eigenvalue weighted by atomic mass is 10.0. The van der Waals surface area contributed by atoms with E-state index >= 15 is 0 Å². The van der Waals surface area contributed by atoms with Gasteiger partial charge in [0.05, 0.1) is 38.3 Å². The van der Waals surface area contributed by atoms with Gasteiger partial charge in [-0.25, -0.2) is 0 Å². The molecule has 1 aromatic rings. The lowest BCUT2D eigenvalue weighted by molar-refractivity contribution is -0.138. The van der Waals surface area contributed by atoms with E-state index in [0.29, 0.717) is 23.0 Å². The fraction of sp³-hybridized carbons (Fsp3) is 0.467. The van der Waals surface area contributed by atoms with Crippen LogP contribution in [0.25, 0.3) is 0 Å². The highest BCUT2D eigenvalue weighted by molar-refractivity contribution is 8.14. The molecule has 0 bridgehead atoms. The van der Waals surface area contributed by atoms with Crippen molar-refractivity contribution >= 4 is 22.8 Å². The smallest absolute Gasteiger partial charge is 0.305 e. The van der Waals surface area contributed by atoms with Crippen LogP contribution in [0.3, 0.4) is 0 Å². The summed E-state index contributed by atoms with van der Waals surface area (Å²) in [5.41, 5.74) is 0.236. The van der Waals surface area contributed by atoms with Gasteiger partial charge in [0.1, 0.15) is 0 Å². The van der Waals surface area contributed by atoms with Gasteiger partial charge < -0.3 is 19.3 Å². The molecule has 1 unspecified atom stereocenters. The van der Waals surface area contributed by atoms with Crippen molar-refractivity contribution < 1.29 is 24.1 Å². The number of hydrogen-bond donors (Lipinski definition) is 1. The maximum Gasteiger partial charge on any atom is 0.305 e. The van der Waals surface area contributed by atoms with Crippen LogP contribution in [-0.2, 0) is 4.79 Å². The summed E-state index contributed by atoms with van der Waals surface area (Å²) in [5, 5.41) is 9.77. The molecule has 0 saturated heterocycles. The van der Waals surface area contributed by atoms with Crippen molar-refractivity contribution in [2.24, 2.45) is 4.99 Å². The standard InChI is InChI=1S/C15H19NO5S/c1-15(7-12(17)18)8-22-14(16-15)9-5-10(19-2)13(21-4)11(6-9)20-3/h5-6H,7-8H2,1-4H3,(H,17,18). The first kappa shape index (κ1) is 16.5. The molecule has 0 saturated carbocycles. The third kappa shape index (κ3) is 3.30. The number of rotatable bonds is 6. The van der Waals surface area contributed by atoms with Gasteiger partial charge in [-0.1, -0.05) is 0 Å². The highest BCUT2D eigenvalue weighted by Crippen LogP contribution is 2.41. The summed E-state index contributed by atoms with van der Waals surface area (Å²) in [6.07, 6.45) is 0.00786. The molecule has 0 radical (unpaired) electrons. The molecule has 1 N–H and O–H groups in total. The number of benzene rings is 1. The van der Waals surface area contributed by atoms with Crippen molar-refractivity contribution in [3.63, 3.8) is 0 Å². The highest BCUT2D eigenvalue weighted by Gasteiger charge is 2.34. The largest absolute Gasteiger partial charge is 0.493 e. The summed E-state index contributed by atoms with van der Waals surface area (Å²) < 4.78 is 16.0. The van der Waals surface area contributed by atoms with Crippen molar-refractivity contribution in [2.75, 3.05) is 27.1 Å². The molecule has 1 heterocycles. The Morgan fingerprint density at radius 3 is 2.32 bits per heavy atom. The Balaban J connectivity index is 2.41. The van der Waals surface area contributed by atoms with E-state index in [1.54, 1.807) is 21.3 Å². The van der Waals surface area contributed by atoms with E-state index in [9.17, 15) is 4.79 Å². The Hall–Kier alpha value is -1.89. The molecule has 7 heteroatoms. The number of nitrogens with zero attached hydrogens (tertiary/aromatic N) is 1. The number of carbonyl (C=O) groups is 1. The minimum atomic E-state index is -0.849. The summed E-state index contributed by atoms with van der Waals surface area (Å²) in [7, 11) is 4.66. The lowest BCUT2D eigenvalue weighted by Crippen LogP contribution is -2.25. The van der Waals surface area contributed by atoms with Crippen LogP contribution >= 0.6 is 11.8 Å². The van der Waals surface area contributed by atoms with Crippen molar-refractivity contribution in [3.8, 4) is 17.2 Å². The van der Waals surface area contributed by atoms with Crippen LogP contribution in [0.15, 0.2) is 17.1 Å². The number of thioether (sulfide) groups is 1. The molecule has 1 aliphatic heterocycles. The minimum Gasteiger partial charge on any atom is -0.493 e. The van der Waals surface area contributed by atoms with Crippen molar-refractivity contribution in [1.29, 1.82) is 0 Å². The second-order valence-corrected chi connectivity index (χ2v) is 6.15. The van der Waals surface area contributed by atoms with Gasteiger partial charge in [-0.15, -0.1) is 11.8 Å². The molecule has 22 heavy (non-hydrogen) atoms. The predicted molar refractivity (Wildman–Crippen MR) is 85.8 cm³/mol. The first-order valence-electron chi connectivity index (χ1n) is 6.67. The topological polar surface area (TPSA) is 77.4 Å². The van der Waals surface area contributed by atoms with Crippen LogP contribution in [0, 0.1) is 0 Å². The number of carboxylic acid groups (broad SMARTS) is 1. The van der Waals surface area contributed by atoms with Crippen molar-refractivity contribution in [1.82, 2.24) is 0 Å². The number of hydrogen-bond acceptors (Lipinski definition) is 6. The lowest BCUT2D eigenvalue weighted by Gasteiger charge is -2.16. The first-order chi connectivity index (χ1) is 10.4. The Kier molecular flexibility index (Phi) is 4.85. The minimum absolute atomic E-state index is 0.00786. The van der Waals surface area contributed by atoms with Crippen LogP contribution in [0.2, 0.25) is 0 Å². The van der Waals surface area contributed by atoms with Gasteiger partial charge in [-0.3, -0.25) is 9.79 Å². The molecule has 1 aromatic carbocycles. The SMILES string of the molecule is COc1cc(C2=NC(C)(CC(=O)O)CS2)cc(OC)c1OC. The van der Waals surface area contributed by atoms with Gasteiger partial charge >= 0.3 is 5.97 Å². The molecular weight excluding hydrogens is 306 g/mol. The van der Waals surface area contributed by atoms with Gasteiger partial charge in [0.15, 0.2) is 11.5 Å². The zero-order valence-corrected chi connectivity index (χ0v) is 13.8. The molecule has 1 aliphatic rings. The first-order valence-corrected chi connectivity index (χ1v) is 7.66. The monoisotopic (exact) mass is 325 g/mol. The van der Waals surface area contributed by atoms with E-state index in [0.717, 1.165) is 10.6 Å². The molecule has 0 aromatic heterocycles. The summed E-state index contributed by atoms with van der Waals surface area (Å²) in [5.74, 6) is 1.40. The molecule has 6 nitrogen and oxygen atoms in total. The van der Waals surface area contributed by atoms with E-state index in [-0.39, 0.29) is 6.42 Å². The number of methoxy groups -OCH3 is 3. The third-order valence-corrected chi connectivity index (χ3v) is 4.70. The fourth-order valence-electron chi connectivity index (χ4n) is 2.30. The van der Waals surface area contributed by atoms with Gasteiger partial charge in [0, 0.05) is 11.3 Å². The van der Waals surface area contributed by atoms with E-state index in [1.807, 2.05) is 19.1 Å². The van der Waals surface area contributed by atoms with Crippen LogP contribution in [0.4, 0.5) is 0 Å². The summed E-state index contributed by atoms with van der Waals surface area (Å²) in [6, 6.07) is 3.64. The second-order valence-electron chi connectivity index (χ2n) is 5.19. The van der Waals surface area contributed by atoms with E-state index < -0.39 is 11.5 Å². The Morgan fingerprint density at radius 2 is 1.86 bits per heavy atom. The average Bonchev–Trinajstić information content (AvgIpc) is 2.86. The molecule has 0 spiro atoms. The predicted octanol–water partition coefficient (Wildman–Crippen LogP) is 2.44. The molecule has 0 fully saturated rings. The third-order valence-electron chi connectivity index (χ3n) is 3.34. The highest BCUT2D eigenvalue weighted by atomic mass is 32.2. The van der Waals surface area contributed by atoms with Crippen molar-refractivity contribution in [2.45, 2.75) is 18.9 Å². The van der Waals surface area contributed by atoms with Gasteiger partial charge in [-0.2, -0.15) is 0 Å². The Labute approximate surface area is 133 Å². The van der Waals surface area contributed by atoms with Crippen LogP contribution in [-0.4, -0.2) is 48.7 Å². The van der Waals surface area contributed by atoms with Crippen LogP contribution in [0.1, 0.15) is 18.9 Å². The van der Waals surface area contributed by atoms with Gasteiger partial charge in [-0.05, 0) is 19.1 Å². The molecule has 0 aliphatic carbocycles. The van der Waals surface area contributed by atoms with E-state index in [2.05, 4.69) is 4.99 Å². The van der Waals surface area contributed by atoms with E-state index in [4.69, 9.17) is 19.3 Å². The molecule has 2 rings (SSSR count). The van der Waals surface area contributed by atoms with Crippen LogP contribution < -0.4 is 14.2 Å². The molecule has 120 valence electrons. The summed E-state index contributed by atoms with van der Waals surface area (Å²) >= 11 is 1.53. The molecule has 1 atom stereocenters. The number of ether oxygens (including phenoxy) is 3. The van der Waals surface area contributed by atoms with Crippen molar-refractivity contribution in [3.05, 3.63) is 17.7 Å². The summed E-state index contributed by atoms with van der Waals surface area (Å²) in [4.78, 5) is 15.5. The second kappa shape index (κ2) is 6.48. The number of aliphatic imine (C=N–C) groups is 1. The molecule has 0 amide bonds. The van der Waals surface area contributed by atoms with Gasteiger partial charge in [0.25, 0.3) is 0 Å². The van der Waals surface area contributed by atoms with Crippen LogP contribution in [0.5, 0.6) is 17.2 Å². The fourth-order valence-corrected chi connectivity index (χ4v) is 3.49. The quantitative estimate of drug-likeness (QED) is 0.865. The van der Waals surface area contributed by atoms with Gasteiger partial charge in [0.2, 0.25) is 5.75 Å². The van der Waals surface area contributed by atoms with E-state index in [1.165, 1.54) is 11.8 Å². The Morgan fingerprint density at radius 1 is 1.27 bits per heavy atom. The zero-order chi connectivity index (χ0) is 16.3. The Bertz CT molecular complexity index is 591. The summed E-state index contributed by atoms with van der Waals surface area (Å²) in [6.45, 7) is 1.85. The zero-order valence-electron chi connectivity index (χ0n) is 13.0.